The van der Waals surface area contributed by atoms with Crippen molar-refractivity contribution in [2.45, 2.75) is 31.4 Å². The highest BCUT2D eigenvalue weighted by Crippen LogP contribution is 2.40. The van der Waals surface area contributed by atoms with Crippen molar-refractivity contribution in [1.29, 1.82) is 0 Å². The Balaban J connectivity index is 1.66. The van der Waals surface area contributed by atoms with Crippen LogP contribution in [-0.2, 0) is 4.74 Å². The van der Waals surface area contributed by atoms with Gasteiger partial charge in [0.2, 0.25) is 0 Å². The smallest absolute Gasteiger partial charge is 0.345 e. The average molecular weight is 255 g/mol. The minimum absolute atomic E-state index is 0.0781. The van der Waals surface area contributed by atoms with Gasteiger partial charge in [0.25, 0.3) is 0 Å². The number of rotatable bonds is 4. The molecule has 3 rings (SSSR count). The molecule has 2 heterocycles. The molecular weight excluding hydrogens is 242 g/mol. The zero-order chi connectivity index (χ0) is 11.8. The lowest BCUT2D eigenvalue weighted by Crippen LogP contribution is -2.30. The highest BCUT2D eigenvalue weighted by atomic mass is 32.1. The van der Waals surface area contributed by atoms with Crippen molar-refractivity contribution in [2.75, 3.05) is 11.9 Å². The van der Waals surface area contributed by atoms with Gasteiger partial charge in [-0.3, -0.25) is 10.1 Å². The molecule has 0 spiro atoms. The van der Waals surface area contributed by atoms with Crippen LogP contribution in [0.15, 0.2) is 6.20 Å². The van der Waals surface area contributed by atoms with E-state index in [1.807, 2.05) is 0 Å². The Morgan fingerprint density at radius 1 is 1.53 bits per heavy atom. The Bertz CT molecular complexity index is 432. The van der Waals surface area contributed by atoms with E-state index in [1.165, 1.54) is 19.0 Å². The number of hydrogen-bond donors (Lipinski definition) is 1. The number of anilines is 1. The first kappa shape index (κ1) is 10.9. The maximum Gasteiger partial charge on any atom is 0.345 e. The van der Waals surface area contributed by atoms with Crippen LogP contribution >= 0.6 is 11.3 Å². The molecule has 1 saturated heterocycles. The Labute approximate surface area is 102 Å². The lowest BCUT2D eigenvalue weighted by molar-refractivity contribution is -0.380. The minimum atomic E-state index is -0.410. The Hall–Kier alpha value is -1.21. The van der Waals surface area contributed by atoms with Gasteiger partial charge in [-0.1, -0.05) is 0 Å². The molecule has 2 unspecified atom stereocenters. The molecule has 6 nitrogen and oxygen atoms in total. The number of aromatic nitrogens is 1. The van der Waals surface area contributed by atoms with Crippen LogP contribution in [0.25, 0.3) is 0 Å². The van der Waals surface area contributed by atoms with Crippen molar-refractivity contribution in [3.05, 3.63) is 16.3 Å². The second kappa shape index (κ2) is 4.23. The van der Waals surface area contributed by atoms with Crippen molar-refractivity contribution in [1.82, 2.24) is 4.98 Å². The van der Waals surface area contributed by atoms with Crippen LogP contribution < -0.4 is 5.32 Å². The highest BCUT2D eigenvalue weighted by molar-refractivity contribution is 7.18. The van der Waals surface area contributed by atoms with Crippen LogP contribution in [0.5, 0.6) is 0 Å². The molecule has 2 aliphatic rings. The predicted molar refractivity (Wildman–Crippen MR) is 63.3 cm³/mol. The van der Waals surface area contributed by atoms with Gasteiger partial charge < -0.3 is 10.1 Å². The summed E-state index contributed by atoms with van der Waals surface area (Å²) in [5.41, 5.74) is 0. The van der Waals surface area contributed by atoms with Crippen LogP contribution in [0.3, 0.4) is 0 Å². The van der Waals surface area contributed by atoms with Gasteiger partial charge in [-0.15, -0.1) is 0 Å². The first-order chi connectivity index (χ1) is 8.24. The zero-order valence-electron chi connectivity index (χ0n) is 9.17. The summed E-state index contributed by atoms with van der Waals surface area (Å²) in [4.78, 5) is 14.2. The van der Waals surface area contributed by atoms with Crippen LogP contribution in [0.2, 0.25) is 0 Å². The SMILES string of the molecule is O=[N+]([O-])c1cnc(NC2CCOC2C2CC2)s1. The topological polar surface area (TPSA) is 77.3 Å². The summed E-state index contributed by atoms with van der Waals surface area (Å²) in [6.07, 6.45) is 4.99. The third-order valence-corrected chi connectivity index (χ3v) is 4.08. The van der Waals surface area contributed by atoms with Crippen molar-refractivity contribution < 1.29 is 9.66 Å². The number of nitro groups is 1. The van der Waals surface area contributed by atoms with Crippen molar-refractivity contribution in [3.63, 3.8) is 0 Å². The second-order valence-corrected chi connectivity index (χ2v) is 5.48. The zero-order valence-corrected chi connectivity index (χ0v) is 9.98. The predicted octanol–water partition coefficient (Wildman–Crippen LogP) is 2.03. The van der Waals surface area contributed by atoms with E-state index in [2.05, 4.69) is 10.3 Å². The van der Waals surface area contributed by atoms with E-state index in [0.717, 1.165) is 24.4 Å². The van der Waals surface area contributed by atoms with E-state index in [4.69, 9.17) is 4.74 Å². The summed E-state index contributed by atoms with van der Waals surface area (Å²) in [6.45, 7) is 0.770. The van der Waals surface area contributed by atoms with Gasteiger partial charge in [-0.05, 0) is 36.5 Å². The molecule has 2 atom stereocenters. The quantitative estimate of drug-likeness (QED) is 0.658. The van der Waals surface area contributed by atoms with Crippen molar-refractivity contribution in [3.8, 4) is 0 Å². The molecule has 0 radical (unpaired) electrons. The van der Waals surface area contributed by atoms with Gasteiger partial charge in [0.15, 0.2) is 5.13 Å². The average Bonchev–Trinajstić information content (AvgIpc) is 2.86. The molecule has 17 heavy (non-hydrogen) atoms. The fourth-order valence-corrected chi connectivity index (χ4v) is 2.92. The van der Waals surface area contributed by atoms with E-state index in [-0.39, 0.29) is 17.1 Å². The largest absolute Gasteiger partial charge is 0.376 e. The van der Waals surface area contributed by atoms with Crippen LogP contribution in [0, 0.1) is 16.0 Å². The Morgan fingerprint density at radius 2 is 2.35 bits per heavy atom. The van der Waals surface area contributed by atoms with Crippen LogP contribution in [-0.4, -0.2) is 28.7 Å². The lowest BCUT2D eigenvalue weighted by atomic mass is 10.1. The second-order valence-electron chi connectivity index (χ2n) is 4.47. The number of nitrogens with one attached hydrogen (secondary N) is 1. The standard InChI is InChI=1S/C10H13N3O3S/c14-13(15)8-5-11-10(17-8)12-7-3-4-16-9(7)6-1-2-6/h5-7,9H,1-4H2,(H,11,12). The molecule has 2 fully saturated rings. The van der Waals surface area contributed by atoms with Gasteiger partial charge >= 0.3 is 5.00 Å². The molecular formula is C10H13N3O3S. The summed E-state index contributed by atoms with van der Waals surface area (Å²) in [5, 5.41) is 14.5. The first-order valence-corrected chi connectivity index (χ1v) is 6.54. The van der Waals surface area contributed by atoms with E-state index in [9.17, 15) is 10.1 Å². The molecule has 92 valence electrons. The first-order valence-electron chi connectivity index (χ1n) is 5.72. The highest BCUT2D eigenvalue weighted by Gasteiger charge is 2.40. The minimum Gasteiger partial charge on any atom is -0.376 e. The Morgan fingerprint density at radius 3 is 3.00 bits per heavy atom. The number of nitrogens with zero attached hydrogens (tertiary/aromatic N) is 2. The van der Waals surface area contributed by atoms with Gasteiger partial charge in [-0.25, -0.2) is 4.98 Å². The van der Waals surface area contributed by atoms with E-state index >= 15 is 0 Å². The summed E-state index contributed by atoms with van der Waals surface area (Å²) in [5.74, 6) is 0.671. The van der Waals surface area contributed by atoms with E-state index in [0.29, 0.717) is 11.0 Å². The number of ether oxygens (including phenoxy) is 1. The molecule has 1 aliphatic carbocycles. The van der Waals surface area contributed by atoms with Crippen molar-refractivity contribution in [2.24, 2.45) is 5.92 Å². The summed E-state index contributed by atoms with van der Waals surface area (Å²) in [7, 11) is 0. The van der Waals surface area contributed by atoms with Crippen molar-refractivity contribution >= 4 is 21.5 Å². The maximum atomic E-state index is 10.6. The summed E-state index contributed by atoms with van der Waals surface area (Å²) < 4.78 is 5.70. The molecule has 0 aromatic carbocycles. The molecule has 0 amide bonds. The van der Waals surface area contributed by atoms with Crippen LogP contribution in [0.1, 0.15) is 19.3 Å². The Kier molecular flexibility index (Phi) is 2.71. The van der Waals surface area contributed by atoms with Gasteiger partial charge in [0.1, 0.15) is 6.20 Å². The maximum absolute atomic E-state index is 10.6. The molecule has 0 bridgehead atoms. The third-order valence-electron chi connectivity index (χ3n) is 3.20. The molecule has 1 aromatic heterocycles. The van der Waals surface area contributed by atoms with Crippen LogP contribution in [0.4, 0.5) is 10.1 Å². The monoisotopic (exact) mass is 255 g/mol. The lowest BCUT2D eigenvalue weighted by Gasteiger charge is -2.18. The van der Waals surface area contributed by atoms with Gasteiger partial charge in [0.05, 0.1) is 17.1 Å². The molecule has 1 aromatic rings. The molecule has 1 aliphatic heterocycles. The van der Waals surface area contributed by atoms with E-state index in [1.54, 1.807) is 0 Å². The molecule has 1 N–H and O–H groups in total. The van der Waals surface area contributed by atoms with Gasteiger partial charge in [0, 0.05) is 6.61 Å². The fourth-order valence-electron chi connectivity index (χ4n) is 2.23. The normalized spacial score (nSPS) is 28.2. The summed E-state index contributed by atoms with van der Waals surface area (Å²) in [6, 6.07) is 0.258. The number of hydrogen-bond acceptors (Lipinski definition) is 6. The van der Waals surface area contributed by atoms with Gasteiger partial charge in [-0.2, -0.15) is 0 Å². The number of thiazole rings is 1. The fraction of sp³-hybridized carbons (Fsp3) is 0.700. The third kappa shape index (κ3) is 2.25. The summed E-state index contributed by atoms with van der Waals surface area (Å²) >= 11 is 1.09. The van der Waals surface area contributed by atoms with E-state index < -0.39 is 4.92 Å². The molecule has 7 heteroatoms. The molecule has 1 saturated carbocycles.